The zero-order valence-electron chi connectivity index (χ0n) is 14.6. The Morgan fingerprint density at radius 2 is 2.04 bits per heavy atom. The molecular formula is C17H22N4O3S. The summed E-state index contributed by atoms with van der Waals surface area (Å²) in [5.41, 5.74) is 1.23. The Bertz CT molecular complexity index is 688. The van der Waals surface area contributed by atoms with E-state index in [-0.39, 0.29) is 30.1 Å². The number of ether oxygens (including phenoxy) is 1. The summed E-state index contributed by atoms with van der Waals surface area (Å²) in [5.74, 6) is 0.274. The van der Waals surface area contributed by atoms with Crippen molar-refractivity contribution in [2.75, 3.05) is 13.7 Å². The molecule has 0 fully saturated rings. The van der Waals surface area contributed by atoms with E-state index in [1.165, 1.54) is 4.90 Å². The van der Waals surface area contributed by atoms with Crippen LogP contribution >= 0.6 is 11.5 Å². The predicted molar refractivity (Wildman–Crippen MR) is 95.5 cm³/mol. The SMILES string of the molecule is CC[C@@H](C)N(CC(=O)NCc1ccc(OC)cc1)C(=O)c1csnn1. The summed E-state index contributed by atoms with van der Waals surface area (Å²) in [6.07, 6.45) is 0.745. The molecular weight excluding hydrogens is 340 g/mol. The van der Waals surface area contributed by atoms with Gasteiger partial charge in [-0.1, -0.05) is 23.5 Å². The largest absolute Gasteiger partial charge is 0.497 e. The maximum Gasteiger partial charge on any atom is 0.276 e. The van der Waals surface area contributed by atoms with E-state index in [9.17, 15) is 9.59 Å². The highest BCUT2D eigenvalue weighted by molar-refractivity contribution is 7.03. The van der Waals surface area contributed by atoms with E-state index in [1.807, 2.05) is 38.1 Å². The van der Waals surface area contributed by atoms with Crippen molar-refractivity contribution in [3.63, 3.8) is 0 Å². The highest BCUT2D eigenvalue weighted by Gasteiger charge is 2.24. The summed E-state index contributed by atoms with van der Waals surface area (Å²) < 4.78 is 8.82. The molecule has 0 aliphatic heterocycles. The van der Waals surface area contributed by atoms with Crippen LogP contribution in [0.15, 0.2) is 29.6 Å². The number of rotatable bonds is 8. The Balaban J connectivity index is 1.95. The van der Waals surface area contributed by atoms with E-state index in [1.54, 1.807) is 12.5 Å². The number of carbonyl (C=O) groups excluding carboxylic acids is 2. The molecule has 2 amide bonds. The van der Waals surface area contributed by atoms with E-state index in [0.717, 1.165) is 29.3 Å². The molecule has 1 aromatic heterocycles. The fraction of sp³-hybridized carbons (Fsp3) is 0.412. The summed E-state index contributed by atoms with van der Waals surface area (Å²) in [5, 5.41) is 8.23. The van der Waals surface area contributed by atoms with Crippen molar-refractivity contribution in [2.45, 2.75) is 32.9 Å². The predicted octanol–water partition coefficient (Wildman–Crippen LogP) is 2.10. The molecule has 134 valence electrons. The van der Waals surface area contributed by atoms with Crippen LogP contribution in [0.1, 0.15) is 36.3 Å². The molecule has 2 aromatic rings. The average Bonchev–Trinajstić information content (AvgIpc) is 3.18. The van der Waals surface area contributed by atoms with Gasteiger partial charge >= 0.3 is 0 Å². The van der Waals surface area contributed by atoms with Gasteiger partial charge in [-0.2, -0.15) is 0 Å². The maximum atomic E-state index is 12.5. The van der Waals surface area contributed by atoms with Crippen LogP contribution in [0, 0.1) is 0 Å². The summed E-state index contributed by atoms with van der Waals surface area (Å²) in [4.78, 5) is 26.3. The smallest absolute Gasteiger partial charge is 0.276 e. The zero-order chi connectivity index (χ0) is 18.2. The number of methoxy groups -OCH3 is 1. The van der Waals surface area contributed by atoms with Crippen LogP contribution in [-0.4, -0.2) is 46.0 Å². The van der Waals surface area contributed by atoms with Gasteiger partial charge in [-0.15, -0.1) is 5.10 Å². The van der Waals surface area contributed by atoms with Crippen molar-refractivity contribution in [1.82, 2.24) is 19.8 Å². The van der Waals surface area contributed by atoms with Crippen LogP contribution in [0.5, 0.6) is 5.75 Å². The van der Waals surface area contributed by atoms with Crippen molar-refractivity contribution in [3.8, 4) is 5.75 Å². The first-order valence-electron chi connectivity index (χ1n) is 8.02. The molecule has 2 rings (SSSR count). The minimum atomic E-state index is -0.275. The fourth-order valence-electron chi connectivity index (χ4n) is 2.21. The zero-order valence-corrected chi connectivity index (χ0v) is 15.4. The summed E-state index contributed by atoms with van der Waals surface area (Å²) >= 11 is 1.11. The molecule has 1 aromatic carbocycles. The molecule has 0 bridgehead atoms. The van der Waals surface area contributed by atoms with Gasteiger partial charge in [-0.25, -0.2) is 0 Å². The van der Waals surface area contributed by atoms with Crippen LogP contribution < -0.4 is 10.1 Å². The van der Waals surface area contributed by atoms with Crippen LogP contribution in [0.2, 0.25) is 0 Å². The second kappa shape index (κ2) is 9.12. The second-order valence-electron chi connectivity index (χ2n) is 5.61. The van der Waals surface area contributed by atoms with Crippen LogP contribution in [0.25, 0.3) is 0 Å². The van der Waals surface area contributed by atoms with Crippen LogP contribution in [0.3, 0.4) is 0 Å². The Hall–Kier alpha value is -2.48. The van der Waals surface area contributed by atoms with E-state index in [2.05, 4.69) is 14.9 Å². The second-order valence-corrected chi connectivity index (χ2v) is 6.22. The lowest BCUT2D eigenvalue weighted by molar-refractivity contribution is -0.122. The van der Waals surface area contributed by atoms with Gasteiger partial charge in [0.05, 0.1) is 7.11 Å². The molecule has 0 spiro atoms. The molecule has 1 N–H and O–H groups in total. The topological polar surface area (TPSA) is 84.4 Å². The van der Waals surface area contributed by atoms with E-state index >= 15 is 0 Å². The van der Waals surface area contributed by atoms with Gasteiger partial charge in [-0.3, -0.25) is 9.59 Å². The third kappa shape index (κ3) is 5.25. The Kier molecular flexibility index (Phi) is 6.88. The third-order valence-electron chi connectivity index (χ3n) is 3.93. The van der Waals surface area contributed by atoms with Crippen LogP contribution in [-0.2, 0) is 11.3 Å². The van der Waals surface area contributed by atoms with Gasteiger partial charge in [0.25, 0.3) is 5.91 Å². The number of amides is 2. The Morgan fingerprint density at radius 3 is 2.60 bits per heavy atom. The molecule has 0 saturated carbocycles. The number of benzene rings is 1. The quantitative estimate of drug-likeness (QED) is 0.777. The number of aromatic nitrogens is 2. The average molecular weight is 362 g/mol. The minimum Gasteiger partial charge on any atom is -0.497 e. The molecule has 0 unspecified atom stereocenters. The molecule has 1 heterocycles. The molecule has 0 aliphatic carbocycles. The molecule has 25 heavy (non-hydrogen) atoms. The van der Waals surface area contributed by atoms with Crippen molar-refractivity contribution < 1.29 is 14.3 Å². The lowest BCUT2D eigenvalue weighted by atomic mass is 10.2. The van der Waals surface area contributed by atoms with Crippen molar-refractivity contribution >= 4 is 23.3 Å². The van der Waals surface area contributed by atoms with Crippen molar-refractivity contribution in [1.29, 1.82) is 0 Å². The highest BCUT2D eigenvalue weighted by atomic mass is 32.1. The summed E-state index contributed by atoms with van der Waals surface area (Å²) in [7, 11) is 1.61. The first-order valence-corrected chi connectivity index (χ1v) is 8.86. The summed E-state index contributed by atoms with van der Waals surface area (Å²) in [6, 6.07) is 7.38. The third-order valence-corrected chi connectivity index (χ3v) is 4.43. The van der Waals surface area contributed by atoms with Gasteiger partial charge in [0.15, 0.2) is 5.69 Å². The molecule has 1 atom stereocenters. The lowest BCUT2D eigenvalue weighted by Crippen LogP contribution is -2.45. The molecule has 0 saturated heterocycles. The fourth-order valence-corrected chi connectivity index (χ4v) is 2.64. The number of hydrogen-bond acceptors (Lipinski definition) is 6. The van der Waals surface area contributed by atoms with Crippen molar-refractivity contribution in [3.05, 3.63) is 40.9 Å². The Labute approximate surface area is 151 Å². The van der Waals surface area contributed by atoms with Crippen LogP contribution in [0.4, 0.5) is 0 Å². The van der Waals surface area contributed by atoms with Gasteiger partial charge in [0.2, 0.25) is 5.91 Å². The number of hydrogen-bond donors (Lipinski definition) is 1. The van der Waals surface area contributed by atoms with E-state index < -0.39 is 0 Å². The molecule has 0 radical (unpaired) electrons. The first-order chi connectivity index (χ1) is 12.0. The maximum absolute atomic E-state index is 12.5. The number of carbonyl (C=O) groups is 2. The normalized spacial score (nSPS) is 11.6. The van der Waals surface area contributed by atoms with Gasteiger partial charge in [-0.05, 0) is 42.6 Å². The molecule has 0 aliphatic rings. The number of nitrogens with one attached hydrogen (secondary N) is 1. The van der Waals surface area contributed by atoms with Gasteiger partial charge in [0.1, 0.15) is 12.3 Å². The first kappa shape index (κ1) is 18.9. The minimum absolute atomic E-state index is 0.0124. The van der Waals surface area contributed by atoms with Gasteiger partial charge in [0, 0.05) is 18.0 Å². The standard InChI is InChI=1S/C17H22N4O3S/c1-4-12(2)21(17(23)15-11-25-20-19-15)10-16(22)18-9-13-5-7-14(24-3)8-6-13/h5-8,11-12H,4,9-10H2,1-3H3,(H,18,22)/t12-/m1/s1. The highest BCUT2D eigenvalue weighted by Crippen LogP contribution is 2.12. The van der Waals surface area contributed by atoms with E-state index in [4.69, 9.17) is 4.74 Å². The monoisotopic (exact) mass is 362 g/mol. The Morgan fingerprint density at radius 1 is 1.32 bits per heavy atom. The lowest BCUT2D eigenvalue weighted by Gasteiger charge is -2.27. The van der Waals surface area contributed by atoms with E-state index in [0.29, 0.717) is 6.54 Å². The summed E-state index contributed by atoms with van der Waals surface area (Å²) in [6.45, 7) is 4.26. The number of nitrogens with zero attached hydrogens (tertiary/aromatic N) is 3. The van der Waals surface area contributed by atoms with Gasteiger partial charge < -0.3 is 15.0 Å². The molecule has 7 nitrogen and oxygen atoms in total. The molecule has 8 heteroatoms. The van der Waals surface area contributed by atoms with Crippen molar-refractivity contribution in [2.24, 2.45) is 0 Å².